The van der Waals surface area contributed by atoms with Gasteiger partial charge in [-0.2, -0.15) is 5.10 Å². The topological polar surface area (TPSA) is 37.5 Å². The summed E-state index contributed by atoms with van der Waals surface area (Å²) in [4.78, 5) is 3.31. The van der Waals surface area contributed by atoms with E-state index >= 15 is 0 Å². The normalized spacial score (nSPS) is 11.1. The van der Waals surface area contributed by atoms with E-state index in [2.05, 4.69) is 57.1 Å². The lowest BCUT2D eigenvalue weighted by Gasteiger charge is -2.05. The smallest absolute Gasteiger partial charge is 0.242 e. The Hall–Kier alpha value is -2.88. The van der Waals surface area contributed by atoms with Crippen LogP contribution in [0.15, 0.2) is 73.3 Å². The Balaban J connectivity index is 1.60. The van der Waals surface area contributed by atoms with Gasteiger partial charge in [0.05, 0.1) is 6.54 Å². The van der Waals surface area contributed by atoms with Crippen LogP contribution < -0.4 is 4.57 Å². The molecule has 0 unspecified atom stereocenters. The van der Waals surface area contributed by atoms with Crippen LogP contribution >= 0.6 is 0 Å². The van der Waals surface area contributed by atoms with E-state index in [0.29, 0.717) is 0 Å². The summed E-state index contributed by atoms with van der Waals surface area (Å²) in [5.41, 5.74) is 4.94. The molecule has 4 heteroatoms. The Morgan fingerprint density at radius 1 is 1.00 bits per heavy atom. The van der Waals surface area contributed by atoms with E-state index in [9.17, 15) is 0 Å². The number of rotatable bonds is 4. The molecule has 0 saturated carbocycles. The van der Waals surface area contributed by atoms with Crippen molar-refractivity contribution in [3.63, 3.8) is 0 Å². The number of hydrogen-bond acceptors (Lipinski definition) is 1. The summed E-state index contributed by atoms with van der Waals surface area (Å²) in [5, 5.41) is 4.26. The standard InChI is InChI=1S/C18H16N4/c1-2-8-18-17(7-1)19-14-21(18)12-15-5-3-6-16(11-15)13-22-10-4-9-20-22/h1-11,14H,12-13H2/p+1. The van der Waals surface area contributed by atoms with Crippen molar-refractivity contribution in [2.45, 2.75) is 13.1 Å². The molecule has 0 amide bonds. The van der Waals surface area contributed by atoms with E-state index in [-0.39, 0.29) is 0 Å². The SMILES string of the molecule is c1cc(Cn2cccn2)cc(C[n+]2c[nH]c3ccccc32)c1. The van der Waals surface area contributed by atoms with Crippen LogP contribution in [0.4, 0.5) is 0 Å². The second-order valence-electron chi connectivity index (χ2n) is 5.44. The molecule has 4 nitrogen and oxygen atoms in total. The minimum Gasteiger partial charge on any atom is -0.268 e. The van der Waals surface area contributed by atoms with Crippen molar-refractivity contribution < 1.29 is 4.57 Å². The summed E-state index contributed by atoms with van der Waals surface area (Å²) in [6.45, 7) is 1.66. The van der Waals surface area contributed by atoms with Crippen LogP contribution in [0.3, 0.4) is 0 Å². The zero-order chi connectivity index (χ0) is 14.8. The first-order valence-electron chi connectivity index (χ1n) is 7.39. The van der Waals surface area contributed by atoms with Gasteiger partial charge in [0.1, 0.15) is 6.54 Å². The van der Waals surface area contributed by atoms with Crippen molar-refractivity contribution >= 4 is 11.0 Å². The predicted molar refractivity (Wildman–Crippen MR) is 85.4 cm³/mol. The molecular weight excluding hydrogens is 272 g/mol. The van der Waals surface area contributed by atoms with E-state index < -0.39 is 0 Å². The molecule has 0 bridgehead atoms. The molecule has 2 aromatic carbocycles. The molecule has 22 heavy (non-hydrogen) atoms. The molecule has 4 rings (SSSR count). The molecule has 0 spiro atoms. The molecule has 0 saturated heterocycles. The summed E-state index contributed by atoms with van der Waals surface area (Å²) in [6, 6.07) is 19.0. The van der Waals surface area contributed by atoms with Crippen molar-refractivity contribution in [1.82, 2.24) is 14.8 Å². The minimum absolute atomic E-state index is 0.805. The maximum atomic E-state index is 4.26. The summed E-state index contributed by atoms with van der Waals surface area (Å²) >= 11 is 0. The molecule has 108 valence electrons. The van der Waals surface area contributed by atoms with Gasteiger partial charge in [-0.1, -0.05) is 36.4 Å². The molecule has 1 N–H and O–H groups in total. The highest BCUT2D eigenvalue weighted by molar-refractivity contribution is 5.70. The highest BCUT2D eigenvalue weighted by atomic mass is 15.3. The van der Waals surface area contributed by atoms with Crippen molar-refractivity contribution in [3.8, 4) is 0 Å². The monoisotopic (exact) mass is 289 g/mol. The number of fused-ring (bicyclic) bond motifs is 1. The van der Waals surface area contributed by atoms with Gasteiger partial charge in [0.25, 0.3) is 0 Å². The van der Waals surface area contributed by atoms with E-state index in [4.69, 9.17) is 0 Å². The highest BCUT2D eigenvalue weighted by Crippen LogP contribution is 2.10. The van der Waals surface area contributed by atoms with Crippen LogP contribution in [-0.2, 0) is 13.1 Å². The first-order valence-corrected chi connectivity index (χ1v) is 7.39. The lowest BCUT2D eigenvalue weighted by atomic mass is 10.1. The highest BCUT2D eigenvalue weighted by Gasteiger charge is 2.09. The van der Waals surface area contributed by atoms with Crippen molar-refractivity contribution in [2.24, 2.45) is 0 Å². The van der Waals surface area contributed by atoms with Crippen LogP contribution in [0.1, 0.15) is 11.1 Å². The van der Waals surface area contributed by atoms with Gasteiger partial charge in [-0.05, 0) is 29.3 Å². The van der Waals surface area contributed by atoms with Crippen molar-refractivity contribution in [1.29, 1.82) is 0 Å². The number of hydrogen-bond donors (Lipinski definition) is 1. The summed E-state index contributed by atoms with van der Waals surface area (Å²) < 4.78 is 4.18. The van der Waals surface area contributed by atoms with Gasteiger partial charge in [-0.25, -0.2) is 9.55 Å². The molecule has 0 aliphatic carbocycles. The van der Waals surface area contributed by atoms with Gasteiger partial charge in [-0.15, -0.1) is 0 Å². The summed E-state index contributed by atoms with van der Waals surface area (Å²) in [6.07, 6.45) is 5.83. The van der Waals surface area contributed by atoms with Crippen LogP contribution in [0.5, 0.6) is 0 Å². The molecule has 2 heterocycles. The number of imidazole rings is 1. The Morgan fingerprint density at radius 2 is 1.91 bits per heavy atom. The van der Waals surface area contributed by atoms with E-state index in [1.165, 1.54) is 16.6 Å². The van der Waals surface area contributed by atoms with Crippen molar-refractivity contribution in [3.05, 3.63) is 84.4 Å². The zero-order valence-corrected chi connectivity index (χ0v) is 12.2. The van der Waals surface area contributed by atoms with Crippen LogP contribution in [-0.4, -0.2) is 14.8 Å². The lowest BCUT2D eigenvalue weighted by Crippen LogP contribution is -2.32. The third-order valence-corrected chi connectivity index (χ3v) is 3.84. The number of nitrogens with zero attached hydrogens (tertiary/aromatic N) is 3. The number of nitrogens with one attached hydrogen (secondary N) is 1. The molecule has 0 aliphatic rings. The van der Waals surface area contributed by atoms with Crippen LogP contribution in [0, 0.1) is 0 Å². The predicted octanol–water partition coefficient (Wildman–Crippen LogP) is 2.75. The average molecular weight is 289 g/mol. The molecule has 2 aromatic heterocycles. The van der Waals surface area contributed by atoms with Gasteiger partial charge in [0, 0.05) is 12.4 Å². The first-order chi connectivity index (χ1) is 10.9. The van der Waals surface area contributed by atoms with E-state index in [0.717, 1.165) is 18.6 Å². The molecule has 0 aliphatic heterocycles. The zero-order valence-electron chi connectivity index (χ0n) is 12.2. The molecule has 0 radical (unpaired) electrons. The largest absolute Gasteiger partial charge is 0.268 e. The van der Waals surface area contributed by atoms with Gasteiger partial charge >= 0.3 is 0 Å². The first kappa shape index (κ1) is 12.8. The fourth-order valence-electron chi connectivity index (χ4n) is 2.80. The fraction of sp³-hybridized carbons (Fsp3) is 0.111. The number of aromatic nitrogens is 4. The number of benzene rings is 2. The number of para-hydroxylation sites is 2. The van der Waals surface area contributed by atoms with Gasteiger partial charge < -0.3 is 0 Å². The van der Waals surface area contributed by atoms with E-state index in [1.54, 1.807) is 0 Å². The Labute approximate surface area is 128 Å². The third kappa shape index (κ3) is 2.51. The van der Waals surface area contributed by atoms with E-state index in [1.807, 2.05) is 35.5 Å². The van der Waals surface area contributed by atoms with Gasteiger partial charge in [0.15, 0.2) is 11.0 Å². The van der Waals surface area contributed by atoms with Crippen LogP contribution in [0.2, 0.25) is 0 Å². The van der Waals surface area contributed by atoms with Gasteiger partial charge in [-0.3, -0.25) is 4.68 Å². The van der Waals surface area contributed by atoms with Crippen LogP contribution in [0.25, 0.3) is 11.0 Å². The fourth-order valence-corrected chi connectivity index (χ4v) is 2.80. The quantitative estimate of drug-likeness (QED) is 0.576. The lowest BCUT2D eigenvalue weighted by molar-refractivity contribution is -0.662. The third-order valence-electron chi connectivity index (χ3n) is 3.84. The summed E-state index contributed by atoms with van der Waals surface area (Å²) in [5.74, 6) is 0. The van der Waals surface area contributed by atoms with Crippen molar-refractivity contribution in [2.75, 3.05) is 0 Å². The molecule has 0 atom stereocenters. The second-order valence-corrected chi connectivity index (χ2v) is 5.44. The molecular formula is C18H17N4+. The molecule has 0 fully saturated rings. The Kier molecular flexibility index (Phi) is 3.20. The summed E-state index contributed by atoms with van der Waals surface area (Å²) in [7, 11) is 0. The average Bonchev–Trinajstić information content (AvgIpc) is 3.18. The number of aromatic amines is 1. The maximum absolute atomic E-state index is 4.26. The maximum Gasteiger partial charge on any atom is 0.242 e. The number of H-pyrrole nitrogens is 1. The van der Waals surface area contributed by atoms with Gasteiger partial charge in [0.2, 0.25) is 6.33 Å². The Morgan fingerprint density at radius 3 is 2.82 bits per heavy atom. The Bertz CT molecular complexity index is 890. The molecule has 4 aromatic rings. The second kappa shape index (κ2) is 5.48. The minimum atomic E-state index is 0.805.